The second kappa shape index (κ2) is 6.22. The van der Waals surface area contributed by atoms with Gasteiger partial charge in [-0.2, -0.15) is 5.10 Å². The molecular formula is C17H24N4O. The zero-order valence-electron chi connectivity index (χ0n) is 13.9. The summed E-state index contributed by atoms with van der Waals surface area (Å²) in [5.74, 6) is 0. The summed E-state index contributed by atoms with van der Waals surface area (Å²) in [4.78, 5) is 13.9. The summed E-state index contributed by atoms with van der Waals surface area (Å²) < 4.78 is 1.84. The largest absolute Gasteiger partial charge is 0.323 e. The van der Waals surface area contributed by atoms with E-state index in [2.05, 4.69) is 44.2 Å². The van der Waals surface area contributed by atoms with Crippen molar-refractivity contribution in [3.8, 4) is 0 Å². The summed E-state index contributed by atoms with van der Waals surface area (Å²) in [6.45, 7) is 8.82. The van der Waals surface area contributed by atoms with Gasteiger partial charge in [-0.05, 0) is 38.8 Å². The van der Waals surface area contributed by atoms with Crippen molar-refractivity contribution in [3.05, 3.63) is 47.8 Å². The van der Waals surface area contributed by atoms with Gasteiger partial charge in [0.05, 0.1) is 17.4 Å². The average molecular weight is 300 g/mol. The van der Waals surface area contributed by atoms with Crippen molar-refractivity contribution in [2.24, 2.45) is 0 Å². The summed E-state index contributed by atoms with van der Waals surface area (Å²) in [5, 5.41) is 7.16. The Balaban J connectivity index is 2.00. The molecule has 0 aliphatic carbocycles. The molecule has 0 radical (unpaired) electrons. The lowest BCUT2D eigenvalue weighted by Gasteiger charge is -2.19. The first-order valence-electron chi connectivity index (χ1n) is 7.39. The van der Waals surface area contributed by atoms with E-state index in [4.69, 9.17) is 0 Å². The molecule has 1 N–H and O–H groups in total. The first kappa shape index (κ1) is 16.1. The number of aromatic nitrogens is 2. The number of hydrogen-bond acceptors (Lipinski definition) is 2. The van der Waals surface area contributed by atoms with Gasteiger partial charge < -0.3 is 10.2 Å². The predicted molar refractivity (Wildman–Crippen MR) is 88.9 cm³/mol. The van der Waals surface area contributed by atoms with Crippen molar-refractivity contribution >= 4 is 11.7 Å². The lowest BCUT2D eigenvalue weighted by Crippen LogP contribution is -2.31. The molecule has 2 amide bonds. The molecule has 0 saturated carbocycles. The topological polar surface area (TPSA) is 50.2 Å². The lowest BCUT2D eigenvalue weighted by atomic mass is 10.1. The Kier molecular flexibility index (Phi) is 4.54. The maximum absolute atomic E-state index is 12.3. The van der Waals surface area contributed by atoms with Gasteiger partial charge in [0.15, 0.2) is 0 Å². The van der Waals surface area contributed by atoms with Crippen LogP contribution >= 0.6 is 0 Å². The molecule has 5 heteroatoms. The Morgan fingerprint density at radius 3 is 2.59 bits per heavy atom. The van der Waals surface area contributed by atoms with E-state index in [1.165, 1.54) is 5.56 Å². The Hall–Kier alpha value is -2.30. The number of aryl methyl sites for hydroxylation is 1. The molecule has 2 rings (SSSR count). The maximum Gasteiger partial charge on any atom is 0.321 e. The summed E-state index contributed by atoms with van der Waals surface area (Å²) in [6.07, 6.45) is 3.52. The molecule has 2 aromatic rings. The molecule has 0 fully saturated rings. The smallest absolute Gasteiger partial charge is 0.321 e. The molecule has 0 spiro atoms. The van der Waals surface area contributed by atoms with Crippen molar-refractivity contribution in [1.29, 1.82) is 0 Å². The summed E-state index contributed by atoms with van der Waals surface area (Å²) >= 11 is 0. The third-order valence-electron chi connectivity index (χ3n) is 3.54. The predicted octanol–water partition coefficient (Wildman–Crippen LogP) is 3.61. The van der Waals surface area contributed by atoms with Gasteiger partial charge in [-0.25, -0.2) is 4.79 Å². The molecule has 0 atom stereocenters. The van der Waals surface area contributed by atoms with Crippen molar-refractivity contribution in [2.75, 3.05) is 12.4 Å². The van der Waals surface area contributed by atoms with E-state index in [9.17, 15) is 4.79 Å². The molecule has 0 saturated heterocycles. The van der Waals surface area contributed by atoms with Crippen LogP contribution in [-0.4, -0.2) is 27.8 Å². The Bertz CT molecular complexity index is 655. The SMILES string of the molecule is Cc1ccccc1CN(C)C(=O)Nc1cnn(C(C)(C)C)c1. The molecule has 0 aliphatic rings. The fraction of sp³-hybridized carbons (Fsp3) is 0.412. The van der Waals surface area contributed by atoms with E-state index in [1.807, 2.05) is 29.1 Å². The molecule has 1 heterocycles. The van der Waals surface area contributed by atoms with Crippen LogP contribution in [0.15, 0.2) is 36.7 Å². The maximum atomic E-state index is 12.3. The first-order chi connectivity index (χ1) is 10.3. The quantitative estimate of drug-likeness (QED) is 0.941. The average Bonchev–Trinajstić information content (AvgIpc) is 2.89. The van der Waals surface area contributed by atoms with Crippen LogP contribution in [0.25, 0.3) is 0 Å². The number of amides is 2. The van der Waals surface area contributed by atoms with Crippen LogP contribution in [0.3, 0.4) is 0 Å². The number of rotatable bonds is 3. The van der Waals surface area contributed by atoms with Crippen LogP contribution in [-0.2, 0) is 12.1 Å². The van der Waals surface area contributed by atoms with Gasteiger partial charge >= 0.3 is 6.03 Å². The highest BCUT2D eigenvalue weighted by molar-refractivity contribution is 5.88. The summed E-state index contributed by atoms with van der Waals surface area (Å²) in [6, 6.07) is 7.93. The van der Waals surface area contributed by atoms with Crippen LogP contribution in [0, 0.1) is 6.92 Å². The Morgan fingerprint density at radius 2 is 2.00 bits per heavy atom. The number of hydrogen-bond donors (Lipinski definition) is 1. The van der Waals surface area contributed by atoms with Crippen LogP contribution in [0.2, 0.25) is 0 Å². The van der Waals surface area contributed by atoms with Crippen molar-refractivity contribution < 1.29 is 4.79 Å². The molecule has 0 bridgehead atoms. The van der Waals surface area contributed by atoms with Gasteiger partial charge in [0.2, 0.25) is 0 Å². The van der Waals surface area contributed by atoms with E-state index in [-0.39, 0.29) is 11.6 Å². The van der Waals surface area contributed by atoms with Crippen molar-refractivity contribution in [2.45, 2.75) is 39.8 Å². The highest BCUT2D eigenvalue weighted by atomic mass is 16.2. The first-order valence-corrected chi connectivity index (χ1v) is 7.39. The van der Waals surface area contributed by atoms with Crippen LogP contribution in [0.1, 0.15) is 31.9 Å². The second-order valence-corrected chi connectivity index (χ2v) is 6.56. The molecule has 5 nitrogen and oxygen atoms in total. The normalized spacial score (nSPS) is 11.3. The van der Waals surface area contributed by atoms with Gasteiger partial charge in [-0.3, -0.25) is 4.68 Å². The number of anilines is 1. The third-order valence-corrected chi connectivity index (χ3v) is 3.54. The zero-order valence-corrected chi connectivity index (χ0v) is 13.9. The fourth-order valence-electron chi connectivity index (χ4n) is 2.09. The molecule has 22 heavy (non-hydrogen) atoms. The highest BCUT2D eigenvalue weighted by Crippen LogP contribution is 2.16. The molecule has 0 unspecified atom stereocenters. The number of urea groups is 1. The molecule has 0 aliphatic heterocycles. The minimum Gasteiger partial charge on any atom is -0.323 e. The van der Waals surface area contributed by atoms with E-state index >= 15 is 0 Å². The number of carbonyl (C=O) groups excluding carboxylic acids is 1. The van der Waals surface area contributed by atoms with Gasteiger partial charge in [-0.15, -0.1) is 0 Å². The van der Waals surface area contributed by atoms with Crippen molar-refractivity contribution in [1.82, 2.24) is 14.7 Å². The van der Waals surface area contributed by atoms with Crippen molar-refractivity contribution in [3.63, 3.8) is 0 Å². The summed E-state index contributed by atoms with van der Waals surface area (Å²) in [7, 11) is 1.79. The van der Waals surface area contributed by atoms with E-state index in [1.54, 1.807) is 18.1 Å². The standard InChI is InChI=1S/C17H24N4O/c1-13-8-6-7-9-14(13)11-20(5)16(22)19-15-10-18-21(12-15)17(2,3)4/h6-10,12H,11H2,1-5H3,(H,19,22). The number of carbonyl (C=O) groups is 1. The highest BCUT2D eigenvalue weighted by Gasteiger charge is 2.16. The van der Waals surface area contributed by atoms with Gasteiger partial charge in [0.1, 0.15) is 0 Å². The zero-order chi connectivity index (χ0) is 16.3. The Morgan fingerprint density at radius 1 is 1.32 bits per heavy atom. The van der Waals surface area contributed by atoms with Crippen LogP contribution in [0.4, 0.5) is 10.5 Å². The second-order valence-electron chi connectivity index (χ2n) is 6.56. The minimum atomic E-state index is -0.142. The van der Waals surface area contributed by atoms with E-state index < -0.39 is 0 Å². The third kappa shape index (κ3) is 3.87. The number of nitrogens with zero attached hydrogens (tertiary/aromatic N) is 3. The summed E-state index contributed by atoms with van der Waals surface area (Å²) in [5.41, 5.74) is 2.93. The van der Waals surface area contributed by atoms with Gasteiger partial charge in [0.25, 0.3) is 0 Å². The minimum absolute atomic E-state index is 0.101. The van der Waals surface area contributed by atoms with Crippen LogP contribution in [0.5, 0.6) is 0 Å². The molecule has 1 aromatic carbocycles. The van der Waals surface area contributed by atoms with E-state index in [0.717, 1.165) is 5.56 Å². The Labute approximate surface area is 131 Å². The van der Waals surface area contributed by atoms with Crippen LogP contribution < -0.4 is 5.32 Å². The number of benzene rings is 1. The lowest BCUT2D eigenvalue weighted by molar-refractivity contribution is 0.220. The van der Waals surface area contributed by atoms with Gasteiger partial charge in [0, 0.05) is 19.8 Å². The number of nitrogens with one attached hydrogen (secondary N) is 1. The monoisotopic (exact) mass is 300 g/mol. The molecule has 118 valence electrons. The molecule has 1 aromatic heterocycles. The molecular weight excluding hydrogens is 276 g/mol. The van der Waals surface area contributed by atoms with Gasteiger partial charge in [-0.1, -0.05) is 24.3 Å². The fourth-order valence-corrected chi connectivity index (χ4v) is 2.09. The van der Waals surface area contributed by atoms with E-state index in [0.29, 0.717) is 12.2 Å².